The number of aldehydes is 1. The van der Waals surface area contributed by atoms with E-state index in [-0.39, 0.29) is 0 Å². The van der Waals surface area contributed by atoms with Gasteiger partial charge in [0.2, 0.25) is 0 Å². The highest BCUT2D eigenvalue weighted by Crippen LogP contribution is 2.04. The van der Waals surface area contributed by atoms with E-state index in [2.05, 4.69) is 0 Å². The van der Waals surface area contributed by atoms with Crippen LogP contribution in [0.5, 0.6) is 0 Å². The Balaban J connectivity index is 2.14. The van der Waals surface area contributed by atoms with Gasteiger partial charge in [-0.3, -0.25) is 4.79 Å². The highest BCUT2D eigenvalue weighted by Gasteiger charge is 1.92. The van der Waals surface area contributed by atoms with Gasteiger partial charge < -0.3 is 0 Å². The van der Waals surface area contributed by atoms with Crippen LogP contribution in [0.2, 0.25) is 0 Å². The molecule has 0 radical (unpaired) electrons. The first-order valence-electron chi connectivity index (χ1n) is 5.08. The highest BCUT2D eigenvalue weighted by molar-refractivity contribution is 5.75. The Morgan fingerprint density at radius 1 is 0.875 bits per heavy atom. The topological polar surface area (TPSA) is 20.9 Å². The van der Waals surface area contributed by atoms with Crippen LogP contribution in [0.15, 0.2) is 54.9 Å². The molecule has 2 aromatic rings. The second-order valence-corrected chi connectivity index (χ2v) is 3.42. The lowest BCUT2D eigenvalue weighted by Crippen LogP contribution is -2.23. The third-order valence-electron chi connectivity index (χ3n) is 2.25. The van der Waals surface area contributed by atoms with Crippen LogP contribution in [0.3, 0.4) is 0 Å². The van der Waals surface area contributed by atoms with Crippen molar-refractivity contribution in [1.82, 2.24) is 0 Å². The maximum Gasteiger partial charge on any atom is 0.175 e. The smallest absolute Gasteiger partial charge is 0.175 e. The predicted molar refractivity (Wildman–Crippen MR) is 63.7 cm³/mol. The second kappa shape index (κ2) is 5.03. The normalized spacial score (nSPS) is 10.5. The van der Waals surface area contributed by atoms with Crippen LogP contribution in [0, 0.1) is 0 Å². The Labute approximate surface area is 94.5 Å². The van der Waals surface area contributed by atoms with Crippen molar-refractivity contribution in [2.75, 3.05) is 0 Å². The lowest BCUT2D eigenvalue weighted by Gasteiger charge is -1.92. The molecule has 16 heavy (non-hydrogen) atoms. The van der Waals surface area contributed by atoms with Gasteiger partial charge in [-0.05, 0) is 5.56 Å². The number of hydrogen-bond donors (Lipinski definition) is 0. The zero-order chi connectivity index (χ0) is 11.2. The van der Waals surface area contributed by atoms with Crippen molar-refractivity contribution < 1.29 is 9.36 Å². The predicted octanol–water partition coefficient (Wildman–Crippen LogP) is 2.41. The quantitative estimate of drug-likeness (QED) is 0.563. The molecule has 1 aromatic carbocycles. The van der Waals surface area contributed by atoms with Gasteiger partial charge in [0.05, 0.1) is 0 Å². The molecular weight excluding hydrogens is 198 g/mol. The minimum atomic E-state index is 0.699. The van der Waals surface area contributed by atoms with E-state index < -0.39 is 0 Å². The summed E-state index contributed by atoms with van der Waals surface area (Å²) in [7, 11) is 0. The van der Waals surface area contributed by atoms with Gasteiger partial charge in [-0.15, -0.1) is 0 Å². The maximum atomic E-state index is 10.5. The van der Waals surface area contributed by atoms with Crippen LogP contribution in [-0.2, 0) is 0 Å². The van der Waals surface area contributed by atoms with E-state index >= 15 is 0 Å². The SMILES string of the molecule is O=Cc1ccc(C=C[n+]2ccccc2)cc1. The Hall–Kier alpha value is -2.22. The molecule has 1 aromatic heterocycles. The molecule has 78 valence electrons. The number of rotatable bonds is 3. The van der Waals surface area contributed by atoms with Crippen molar-refractivity contribution in [3.63, 3.8) is 0 Å². The monoisotopic (exact) mass is 210 g/mol. The molecule has 2 heteroatoms. The molecule has 0 spiro atoms. The minimum Gasteiger partial charge on any atom is -0.298 e. The van der Waals surface area contributed by atoms with Crippen LogP contribution in [0.4, 0.5) is 0 Å². The summed E-state index contributed by atoms with van der Waals surface area (Å²) in [4.78, 5) is 10.5. The van der Waals surface area contributed by atoms with E-state index in [9.17, 15) is 4.79 Å². The maximum absolute atomic E-state index is 10.5. The van der Waals surface area contributed by atoms with Gasteiger partial charge >= 0.3 is 0 Å². The van der Waals surface area contributed by atoms with Crippen LogP contribution >= 0.6 is 0 Å². The van der Waals surface area contributed by atoms with E-state index in [0.29, 0.717) is 5.56 Å². The van der Waals surface area contributed by atoms with Crippen molar-refractivity contribution in [1.29, 1.82) is 0 Å². The van der Waals surface area contributed by atoms with Crippen molar-refractivity contribution in [3.05, 3.63) is 66.0 Å². The van der Waals surface area contributed by atoms with E-state index in [1.807, 2.05) is 71.7 Å². The third kappa shape index (κ3) is 2.64. The first kappa shape index (κ1) is 10.3. The number of hydrogen-bond acceptors (Lipinski definition) is 1. The summed E-state index contributed by atoms with van der Waals surface area (Å²) in [5.74, 6) is 0. The van der Waals surface area contributed by atoms with Gasteiger partial charge in [-0.25, -0.2) is 0 Å². The van der Waals surface area contributed by atoms with Gasteiger partial charge in [-0.2, -0.15) is 4.57 Å². The lowest BCUT2D eigenvalue weighted by atomic mass is 10.1. The third-order valence-corrected chi connectivity index (χ3v) is 2.25. The molecule has 0 saturated carbocycles. The lowest BCUT2D eigenvalue weighted by molar-refractivity contribution is -0.567. The fraction of sp³-hybridized carbons (Fsp3) is 0. The van der Waals surface area contributed by atoms with E-state index in [0.717, 1.165) is 11.8 Å². The molecule has 1 heterocycles. The van der Waals surface area contributed by atoms with E-state index in [1.165, 1.54) is 0 Å². The number of pyridine rings is 1. The summed E-state index contributed by atoms with van der Waals surface area (Å²) in [5.41, 5.74) is 1.77. The number of benzene rings is 1. The summed E-state index contributed by atoms with van der Waals surface area (Å²) < 4.78 is 1.97. The minimum absolute atomic E-state index is 0.699. The second-order valence-electron chi connectivity index (χ2n) is 3.42. The van der Waals surface area contributed by atoms with Crippen molar-refractivity contribution in [2.24, 2.45) is 0 Å². The van der Waals surface area contributed by atoms with Gasteiger partial charge in [0.15, 0.2) is 18.6 Å². The average molecular weight is 210 g/mol. The Morgan fingerprint density at radius 2 is 1.50 bits per heavy atom. The molecule has 0 N–H and O–H groups in total. The number of carbonyl (C=O) groups is 1. The Kier molecular flexibility index (Phi) is 3.24. The highest BCUT2D eigenvalue weighted by atomic mass is 16.1. The largest absolute Gasteiger partial charge is 0.298 e. The molecule has 0 unspecified atom stereocenters. The fourth-order valence-electron chi connectivity index (χ4n) is 1.37. The fourth-order valence-corrected chi connectivity index (χ4v) is 1.37. The zero-order valence-corrected chi connectivity index (χ0v) is 8.78. The molecular formula is C14H12NO+. The van der Waals surface area contributed by atoms with Crippen LogP contribution in [0.1, 0.15) is 15.9 Å². The Bertz CT molecular complexity index is 486. The van der Waals surface area contributed by atoms with Gasteiger partial charge in [-0.1, -0.05) is 30.3 Å². The molecule has 0 aliphatic carbocycles. The molecule has 2 nitrogen and oxygen atoms in total. The summed E-state index contributed by atoms with van der Waals surface area (Å²) >= 11 is 0. The molecule has 0 bridgehead atoms. The Morgan fingerprint density at radius 3 is 2.12 bits per heavy atom. The number of aromatic nitrogens is 1. The van der Waals surface area contributed by atoms with Crippen molar-refractivity contribution in [3.8, 4) is 0 Å². The first-order valence-corrected chi connectivity index (χ1v) is 5.08. The van der Waals surface area contributed by atoms with Gasteiger partial charge in [0.25, 0.3) is 0 Å². The summed E-state index contributed by atoms with van der Waals surface area (Å²) in [6, 6.07) is 13.4. The van der Waals surface area contributed by atoms with E-state index in [4.69, 9.17) is 0 Å². The van der Waals surface area contributed by atoms with Crippen LogP contribution < -0.4 is 4.57 Å². The number of nitrogens with zero attached hydrogens (tertiary/aromatic N) is 1. The molecule has 2 rings (SSSR count). The first-order chi connectivity index (χ1) is 7.88. The molecule has 0 aliphatic rings. The van der Waals surface area contributed by atoms with E-state index in [1.54, 1.807) is 0 Å². The molecule has 0 atom stereocenters. The van der Waals surface area contributed by atoms with Crippen molar-refractivity contribution >= 4 is 18.6 Å². The molecule has 0 saturated heterocycles. The average Bonchev–Trinajstić information content (AvgIpc) is 2.38. The summed E-state index contributed by atoms with van der Waals surface area (Å²) in [6.45, 7) is 0. The van der Waals surface area contributed by atoms with Crippen molar-refractivity contribution in [2.45, 2.75) is 0 Å². The van der Waals surface area contributed by atoms with Gasteiger partial charge in [0, 0.05) is 23.8 Å². The standard InChI is InChI=1S/C14H12NO/c16-12-14-6-4-13(5-7-14)8-11-15-9-2-1-3-10-15/h1-12H/q+1. The molecule has 0 fully saturated rings. The molecule has 0 aliphatic heterocycles. The van der Waals surface area contributed by atoms with Crippen LogP contribution in [0.25, 0.3) is 12.3 Å². The zero-order valence-electron chi connectivity index (χ0n) is 8.78. The summed E-state index contributed by atoms with van der Waals surface area (Å²) in [5, 5.41) is 0. The summed E-state index contributed by atoms with van der Waals surface area (Å²) in [6.07, 6.45) is 8.75. The van der Waals surface area contributed by atoms with Crippen LogP contribution in [-0.4, -0.2) is 6.29 Å². The molecule has 0 amide bonds. The number of carbonyl (C=O) groups excluding carboxylic acids is 1. The van der Waals surface area contributed by atoms with Gasteiger partial charge in [0.1, 0.15) is 6.29 Å².